The van der Waals surface area contributed by atoms with Gasteiger partial charge in [-0.05, 0) is 64.3 Å². The van der Waals surface area contributed by atoms with Crippen molar-refractivity contribution in [1.29, 1.82) is 0 Å². The van der Waals surface area contributed by atoms with Crippen molar-refractivity contribution in [3.05, 3.63) is 34.9 Å². The molecule has 0 atom stereocenters. The van der Waals surface area contributed by atoms with Crippen LogP contribution in [0.5, 0.6) is 0 Å². The first-order valence-electron chi connectivity index (χ1n) is 7.46. The summed E-state index contributed by atoms with van der Waals surface area (Å²) in [6, 6.07) is 2.89. The van der Waals surface area contributed by atoms with Crippen LogP contribution in [0.2, 0.25) is 0 Å². The molecule has 4 heteroatoms. The molecule has 1 aromatic carbocycles. The van der Waals surface area contributed by atoms with Crippen LogP contribution < -0.4 is 0 Å². The average Bonchev–Trinajstić information content (AvgIpc) is 2.45. The quantitative estimate of drug-likeness (QED) is 0.787. The Balaban J connectivity index is 2.43. The first-order chi connectivity index (χ1) is 9.79. The Morgan fingerprint density at radius 1 is 1.19 bits per heavy atom. The number of benzene rings is 1. The predicted octanol–water partition coefficient (Wildman–Crippen LogP) is 3.97. The van der Waals surface area contributed by atoms with E-state index in [1.54, 1.807) is 0 Å². The second kappa shape index (κ2) is 5.84. The Hall–Kier alpha value is -1.29. The smallest absolute Gasteiger partial charge is 0.186 e. The number of ketones is 1. The van der Waals surface area contributed by atoms with Gasteiger partial charge in [0.25, 0.3) is 0 Å². The molecule has 0 heterocycles. The summed E-state index contributed by atoms with van der Waals surface area (Å²) < 4.78 is 27.9. The van der Waals surface area contributed by atoms with E-state index in [1.165, 1.54) is 19.1 Å². The number of hydrogen-bond donors (Lipinski definition) is 0. The molecule has 1 aromatic rings. The van der Waals surface area contributed by atoms with Gasteiger partial charge in [-0.2, -0.15) is 0 Å². The number of carbonyl (C=O) groups is 1. The lowest BCUT2D eigenvalue weighted by molar-refractivity contribution is 0.0508. The average molecular weight is 295 g/mol. The number of nitrogens with zero attached hydrogens (tertiary/aromatic N) is 1. The predicted molar refractivity (Wildman–Crippen MR) is 79.5 cm³/mol. The third kappa shape index (κ3) is 2.73. The molecule has 0 aromatic heterocycles. The first-order valence-corrected chi connectivity index (χ1v) is 7.46. The fraction of sp³-hybridized carbons (Fsp3) is 0.588. The largest absolute Gasteiger partial charge is 0.297 e. The summed E-state index contributed by atoms with van der Waals surface area (Å²) in [7, 11) is 3.69. The molecular formula is C17H23F2NO. The summed E-state index contributed by atoms with van der Waals surface area (Å²) in [5.41, 5.74) is -0.615. The second-order valence-corrected chi connectivity index (χ2v) is 6.50. The highest BCUT2D eigenvalue weighted by molar-refractivity contribution is 6.03. The fourth-order valence-electron chi connectivity index (χ4n) is 3.19. The van der Waals surface area contributed by atoms with Crippen LogP contribution >= 0.6 is 0 Å². The molecule has 0 N–H and O–H groups in total. The van der Waals surface area contributed by atoms with E-state index in [9.17, 15) is 13.6 Å². The Labute approximate surface area is 125 Å². The van der Waals surface area contributed by atoms with Crippen LogP contribution in [0.4, 0.5) is 8.78 Å². The monoisotopic (exact) mass is 295 g/mol. The number of rotatable bonds is 3. The summed E-state index contributed by atoms with van der Waals surface area (Å²) in [6.45, 7) is 3.66. The second-order valence-electron chi connectivity index (χ2n) is 6.50. The number of likely N-dealkylation sites (N-methyl/N-ethyl adjacent to an activating group) is 1. The van der Waals surface area contributed by atoms with Crippen LogP contribution in [0.3, 0.4) is 0 Å². The van der Waals surface area contributed by atoms with E-state index in [-0.39, 0.29) is 16.9 Å². The molecule has 1 aliphatic carbocycles. The van der Waals surface area contributed by atoms with Crippen LogP contribution in [0.1, 0.15) is 48.5 Å². The first kappa shape index (κ1) is 16.1. The molecule has 1 fully saturated rings. The Morgan fingerprint density at radius 2 is 1.76 bits per heavy atom. The van der Waals surface area contributed by atoms with Gasteiger partial charge >= 0.3 is 0 Å². The van der Waals surface area contributed by atoms with E-state index >= 15 is 0 Å². The van der Waals surface area contributed by atoms with E-state index in [4.69, 9.17) is 0 Å². The number of aryl methyl sites for hydroxylation is 1. The lowest BCUT2D eigenvalue weighted by Gasteiger charge is -2.43. The van der Waals surface area contributed by atoms with Crippen molar-refractivity contribution in [3.8, 4) is 0 Å². The topological polar surface area (TPSA) is 20.3 Å². The van der Waals surface area contributed by atoms with Crippen molar-refractivity contribution in [2.45, 2.75) is 45.1 Å². The summed E-state index contributed by atoms with van der Waals surface area (Å²) in [6.07, 6.45) is 3.24. The zero-order chi connectivity index (χ0) is 15.8. The van der Waals surface area contributed by atoms with Gasteiger partial charge < -0.3 is 0 Å². The van der Waals surface area contributed by atoms with Gasteiger partial charge in [-0.3, -0.25) is 9.69 Å². The van der Waals surface area contributed by atoms with Gasteiger partial charge in [-0.15, -0.1) is 0 Å². The van der Waals surface area contributed by atoms with Crippen LogP contribution in [-0.2, 0) is 0 Å². The van der Waals surface area contributed by atoms with Crippen molar-refractivity contribution >= 4 is 5.78 Å². The normalized spacial score (nSPS) is 26.1. The summed E-state index contributed by atoms with van der Waals surface area (Å²) >= 11 is 0. The molecule has 0 aliphatic heterocycles. The number of Topliss-reactive ketones (excluding diaryl/α,β-unsaturated/α-hetero) is 1. The molecule has 21 heavy (non-hydrogen) atoms. The molecule has 0 radical (unpaired) electrons. The minimum absolute atomic E-state index is 0.124. The van der Waals surface area contributed by atoms with E-state index in [1.807, 2.05) is 19.0 Å². The highest BCUT2D eigenvalue weighted by atomic mass is 19.2. The fourth-order valence-corrected chi connectivity index (χ4v) is 3.19. The third-order valence-electron chi connectivity index (χ3n) is 4.90. The minimum Gasteiger partial charge on any atom is -0.297 e. The maximum absolute atomic E-state index is 14.2. The van der Waals surface area contributed by atoms with Gasteiger partial charge in [0.15, 0.2) is 17.4 Å². The van der Waals surface area contributed by atoms with Crippen LogP contribution in [0.15, 0.2) is 12.1 Å². The standard InChI is InChI=1S/C17H23F2NO/c1-11-7-9-17(10-8-11,20(3)4)16(21)13-6-5-12(2)14(18)15(13)19/h5-6,11H,7-10H2,1-4H3. The molecule has 116 valence electrons. The van der Waals surface area contributed by atoms with E-state index in [0.29, 0.717) is 18.8 Å². The molecule has 0 spiro atoms. The molecule has 0 saturated heterocycles. The van der Waals surface area contributed by atoms with Gasteiger partial charge in [-0.1, -0.05) is 13.0 Å². The molecule has 1 aliphatic rings. The maximum atomic E-state index is 14.2. The molecule has 1 saturated carbocycles. The van der Waals surface area contributed by atoms with Crippen molar-refractivity contribution in [1.82, 2.24) is 4.90 Å². The summed E-state index contributed by atoms with van der Waals surface area (Å²) in [5.74, 6) is -1.65. The molecular weight excluding hydrogens is 272 g/mol. The van der Waals surface area contributed by atoms with Gasteiger partial charge in [0.05, 0.1) is 11.1 Å². The Kier molecular flexibility index (Phi) is 4.47. The van der Waals surface area contributed by atoms with Crippen molar-refractivity contribution < 1.29 is 13.6 Å². The van der Waals surface area contributed by atoms with Crippen molar-refractivity contribution in [2.24, 2.45) is 5.92 Å². The highest BCUT2D eigenvalue weighted by Gasteiger charge is 2.44. The molecule has 0 bridgehead atoms. The summed E-state index contributed by atoms with van der Waals surface area (Å²) in [5, 5.41) is 0. The zero-order valence-corrected chi connectivity index (χ0v) is 13.2. The van der Waals surface area contributed by atoms with Gasteiger partial charge in [-0.25, -0.2) is 8.78 Å². The molecule has 0 unspecified atom stereocenters. The van der Waals surface area contributed by atoms with Crippen molar-refractivity contribution in [3.63, 3.8) is 0 Å². The van der Waals surface area contributed by atoms with Crippen LogP contribution in [0.25, 0.3) is 0 Å². The van der Waals surface area contributed by atoms with E-state index < -0.39 is 17.2 Å². The van der Waals surface area contributed by atoms with Crippen LogP contribution in [0, 0.1) is 24.5 Å². The third-order valence-corrected chi connectivity index (χ3v) is 4.90. The highest BCUT2D eigenvalue weighted by Crippen LogP contribution is 2.38. The summed E-state index contributed by atoms with van der Waals surface area (Å²) in [4.78, 5) is 14.8. The molecule has 0 amide bonds. The SMILES string of the molecule is Cc1ccc(C(=O)C2(N(C)C)CCC(C)CC2)c(F)c1F. The van der Waals surface area contributed by atoms with Gasteiger partial charge in [0.1, 0.15) is 0 Å². The number of hydrogen-bond acceptors (Lipinski definition) is 2. The zero-order valence-electron chi connectivity index (χ0n) is 13.2. The Bertz CT molecular complexity index is 546. The van der Waals surface area contributed by atoms with E-state index in [2.05, 4.69) is 6.92 Å². The number of halogens is 2. The molecule has 2 nitrogen and oxygen atoms in total. The Morgan fingerprint density at radius 3 is 2.29 bits per heavy atom. The van der Waals surface area contributed by atoms with Crippen LogP contribution in [-0.4, -0.2) is 30.3 Å². The van der Waals surface area contributed by atoms with Gasteiger partial charge in [0.2, 0.25) is 0 Å². The maximum Gasteiger partial charge on any atom is 0.186 e. The lowest BCUT2D eigenvalue weighted by atomic mass is 9.72. The van der Waals surface area contributed by atoms with Gasteiger partial charge in [0, 0.05) is 0 Å². The lowest BCUT2D eigenvalue weighted by Crippen LogP contribution is -2.53. The van der Waals surface area contributed by atoms with Crippen molar-refractivity contribution in [2.75, 3.05) is 14.1 Å². The van der Waals surface area contributed by atoms with E-state index in [0.717, 1.165) is 12.8 Å². The number of carbonyl (C=O) groups excluding carboxylic acids is 1. The molecule has 2 rings (SSSR count). The minimum atomic E-state index is -1.01.